The predicted molar refractivity (Wildman–Crippen MR) is 96.8 cm³/mol. The van der Waals surface area contributed by atoms with E-state index in [-0.39, 0.29) is 24.1 Å². The van der Waals surface area contributed by atoms with Crippen LogP contribution < -0.4 is 16.0 Å². The first-order valence-corrected chi connectivity index (χ1v) is 9.29. The number of amides is 3. The highest BCUT2D eigenvalue weighted by molar-refractivity contribution is 6.03. The highest BCUT2D eigenvalue weighted by Gasteiger charge is 2.19. The molecule has 25 heavy (non-hydrogen) atoms. The molecule has 3 rings (SSSR count). The molecule has 0 aromatic heterocycles. The number of anilines is 1. The van der Waals surface area contributed by atoms with Gasteiger partial charge in [0.1, 0.15) is 0 Å². The van der Waals surface area contributed by atoms with Gasteiger partial charge in [-0.25, -0.2) is 4.79 Å². The van der Waals surface area contributed by atoms with Crippen LogP contribution in [0.3, 0.4) is 0 Å². The molecule has 1 aliphatic heterocycles. The summed E-state index contributed by atoms with van der Waals surface area (Å²) in [6.45, 7) is 1.27. The van der Waals surface area contributed by atoms with Gasteiger partial charge in [-0.15, -0.1) is 0 Å². The Morgan fingerprint density at radius 1 is 1.04 bits per heavy atom. The molecule has 6 heteroatoms. The van der Waals surface area contributed by atoms with Gasteiger partial charge in [0, 0.05) is 19.2 Å². The van der Waals surface area contributed by atoms with Gasteiger partial charge in [-0.3, -0.25) is 4.79 Å². The monoisotopic (exact) mass is 345 g/mol. The number of carbonyl (C=O) groups excluding carboxylic acids is 2. The van der Waals surface area contributed by atoms with Gasteiger partial charge in [0.05, 0.1) is 17.4 Å². The van der Waals surface area contributed by atoms with Crippen molar-refractivity contribution in [2.45, 2.75) is 57.1 Å². The van der Waals surface area contributed by atoms with E-state index >= 15 is 0 Å². The number of hydrogen-bond donors (Lipinski definition) is 3. The van der Waals surface area contributed by atoms with Crippen molar-refractivity contribution in [3.05, 3.63) is 29.8 Å². The first kappa shape index (κ1) is 17.7. The quantitative estimate of drug-likeness (QED) is 0.767. The highest BCUT2D eigenvalue weighted by Crippen LogP contribution is 2.19. The molecule has 1 saturated heterocycles. The second-order valence-electron chi connectivity index (χ2n) is 6.82. The number of benzene rings is 1. The molecule has 136 valence electrons. The number of nitrogens with one attached hydrogen (secondary N) is 3. The number of hydrogen-bond acceptors (Lipinski definition) is 3. The molecule has 3 N–H and O–H groups in total. The summed E-state index contributed by atoms with van der Waals surface area (Å²) in [6.07, 6.45) is 7.73. The summed E-state index contributed by atoms with van der Waals surface area (Å²) in [6, 6.07) is 7.07. The van der Waals surface area contributed by atoms with E-state index in [0.29, 0.717) is 17.8 Å². The molecule has 6 nitrogen and oxygen atoms in total. The summed E-state index contributed by atoms with van der Waals surface area (Å²) >= 11 is 0. The van der Waals surface area contributed by atoms with Crippen molar-refractivity contribution < 1.29 is 14.3 Å². The summed E-state index contributed by atoms with van der Waals surface area (Å²) in [5.74, 6) is -0.191. The molecule has 2 fully saturated rings. The Kier molecular flexibility index (Phi) is 6.28. The third-order valence-corrected chi connectivity index (χ3v) is 4.87. The van der Waals surface area contributed by atoms with Gasteiger partial charge in [-0.2, -0.15) is 0 Å². The van der Waals surface area contributed by atoms with Crippen molar-refractivity contribution >= 4 is 17.6 Å². The molecule has 3 amide bonds. The molecule has 2 aliphatic rings. The number of urea groups is 1. The van der Waals surface area contributed by atoms with Gasteiger partial charge in [0.25, 0.3) is 5.91 Å². The summed E-state index contributed by atoms with van der Waals surface area (Å²) in [7, 11) is 0. The maximum absolute atomic E-state index is 12.5. The van der Waals surface area contributed by atoms with E-state index in [4.69, 9.17) is 4.74 Å². The molecular weight excluding hydrogens is 318 g/mol. The Balaban J connectivity index is 1.55. The van der Waals surface area contributed by atoms with Crippen molar-refractivity contribution in [3.8, 4) is 0 Å². The van der Waals surface area contributed by atoms with Crippen LogP contribution in [0.2, 0.25) is 0 Å². The molecule has 1 aromatic rings. The van der Waals surface area contributed by atoms with Crippen LogP contribution in [0.1, 0.15) is 55.3 Å². The molecule has 1 aliphatic carbocycles. The Bertz CT molecular complexity index is 593. The smallest absolute Gasteiger partial charge is 0.319 e. The van der Waals surface area contributed by atoms with E-state index < -0.39 is 0 Å². The lowest BCUT2D eigenvalue weighted by Crippen LogP contribution is -2.39. The van der Waals surface area contributed by atoms with Crippen LogP contribution in [0.25, 0.3) is 0 Å². The van der Waals surface area contributed by atoms with Crippen LogP contribution in [0, 0.1) is 0 Å². The first-order valence-electron chi connectivity index (χ1n) is 9.29. The summed E-state index contributed by atoms with van der Waals surface area (Å²) in [5, 5.41) is 8.73. The average Bonchev–Trinajstić information content (AvgIpc) is 3.14. The maximum atomic E-state index is 12.5. The Morgan fingerprint density at radius 3 is 2.60 bits per heavy atom. The third-order valence-electron chi connectivity index (χ3n) is 4.87. The van der Waals surface area contributed by atoms with Crippen LogP contribution in [0.5, 0.6) is 0 Å². The molecule has 0 spiro atoms. The molecule has 1 atom stereocenters. The Morgan fingerprint density at radius 2 is 1.84 bits per heavy atom. The second kappa shape index (κ2) is 8.85. The van der Waals surface area contributed by atoms with E-state index in [9.17, 15) is 9.59 Å². The maximum Gasteiger partial charge on any atom is 0.319 e. The predicted octanol–water partition coefficient (Wildman–Crippen LogP) is 3.05. The summed E-state index contributed by atoms with van der Waals surface area (Å²) < 4.78 is 5.52. The number of carbonyl (C=O) groups is 2. The van der Waals surface area contributed by atoms with Crippen LogP contribution >= 0.6 is 0 Å². The highest BCUT2D eigenvalue weighted by atomic mass is 16.5. The van der Waals surface area contributed by atoms with E-state index in [1.165, 1.54) is 6.42 Å². The van der Waals surface area contributed by atoms with Gasteiger partial charge in [0.2, 0.25) is 0 Å². The molecule has 1 aromatic carbocycles. The van der Waals surface area contributed by atoms with Crippen molar-refractivity contribution in [1.29, 1.82) is 0 Å². The van der Waals surface area contributed by atoms with E-state index in [1.54, 1.807) is 18.2 Å². The third kappa shape index (κ3) is 5.19. The normalized spacial score (nSPS) is 20.9. The molecule has 0 bridgehead atoms. The van der Waals surface area contributed by atoms with E-state index in [1.807, 2.05) is 6.07 Å². The van der Waals surface area contributed by atoms with Crippen molar-refractivity contribution in [2.75, 3.05) is 18.5 Å². The number of rotatable bonds is 5. The lowest BCUT2D eigenvalue weighted by atomic mass is 9.96. The zero-order valence-corrected chi connectivity index (χ0v) is 14.6. The summed E-state index contributed by atoms with van der Waals surface area (Å²) in [4.78, 5) is 24.7. The molecule has 1 heterocycles. The zero-order valence-electron chi connectivity index (χ0n) is 14.6. The topological polar surface area (TPSA) is 79.5 Å². The van der Waals surface area contributed by atoms with Gasteiger partial charge in [0.15, 0.2) is 0 Å². The average molecular weight is 345 g/mol. The van der Waals surface area contributed by atoms with Crippen LogP contribution in [0.4, 0.5) is 10.5 Å². The number of para-hydroxylation sites is 1. The summed E-state index contributed by atoms with van der Waals surface area (Å²) in [5.41, 5.74) is 1.000. The SMILES string of the molecule is O=C(Nc1ccccc1C(=O)NC[C@H]1CCCO1)NC1CCCCC1. The fraction of sp³-hybridized carbons (Fsp3) is 0.579. The fourth-order valence-corrected chi connectivity index (χ4v) is 3.49. The second-order valence-corrected chi connectivity index (χ2v) is 6.82. The molecule has 0 radical (unpaired) electrons. The lowest BCUT2D eigenvalue weighted by Gasteiger charge is -2.23. The minimum atomic E-state index is -0.244. The van der Waals surface area contributed by atoms with Gasteiger partial charge < -0.3 is 20.7 Å². The van der Waals surface area contributed by atoms with Crippen LogP contribution in [-0.2, 0) is 4.74 Å². The van der Waals surface area contributed by atoms with E-state index in [2.05, 4.69) is 16.0 Å². The lowest BCUT2D eigenvalue weighted by molar-refractivity contribution is 0.0858. The van der Waals surface area contributed by atoms with Gasteiger partial charge in [-0.1, -0.05) is 31.4 Å². The Hall–Kier alpha value is -2.08. The van der Waals surface area contributed by atoms with Crippen molar-refractivity contribution in [2.24, 2.45) is 0 Å². The minimum Gasteiger partial charge on any atom is -0.376 e. The van der Waals surface area contributed by atoms with Crippen LogP contribution in [-0.4, -0.2) is 37.2 Å². The van der Waals surface area contributed by atoms with E-state index in [0.717, 1.165) is 45.1 Å². The fourth-order valence-electron chi connectivity index (χ4n) is 3.49. The number of ether oxygens (including phenoxy) is 1. The standard InChI is InChI=1S/C19H27N3O3/c23-18(20-13-15-9-6-12-25-15)16-10-4-5-11-17(16)22-19(24)21-14-7-2-1-3-8-14/h4-5,10-11,14-15H,1-3,6-9,12-13H2,(H,20,23)(H2,21,22,24)/t15-/m1/s1. The Labute approximate surface area is 148 Å². The molecule has 1 saturated carbocycles. The zero-order chi connectivity index (χ0) is 17.5. The first-order chi connectivity index (χ1) is 12.2. The van der Waals surface area contributed by atoms with Crippen molar-refractivity contribution in [1.82, 2.24) is 10.6 Å². The van der Waals surface area contributed by atoms with Gasteiger partial charge in [-0.05, 0) is 37.8 Å². The molecular formula is C19H27N3O3. The van der Waals surface area contributed by atoms with Gasteiger partial charge >= 0.3 is 6.03 Å². The van der Waals surface area contributed by atoms with Crippen LogP contribution in [0.15, 0.2) is 24.3 Å². The minimum absolute atomic E-state index is 0.0960. The molecule has 0 unspecified atom stereocenters. The van der Waals surface area contributed by atoms with Crippen molar-refractivity contribution in [3.63, 3.8) is 0 Å². The largest absolute Gasteiger partial charge is 0.376 e.